The lowest BCUT2D eigenvalue weighted by Gasteiger charge is -2.03. The zero-order chi connectivity index (χ0) is 14.7. The average Bonchev–Trinajstić information content (AvgIpc) is 2.37. The Labute approximate surface area is 128 Å². The van der Waals surface area contributed by atoms with E-state index in [1.54, 1.807) is 24.3 Å². The molecular weight excluding hydrogens is 321 g/mol. The minimum Gasteiger partial charge on any atom is -0.258 e. The van der Waals surface area contributed by atoms with Crippen molar-refractivity contribution in [1.82, 2.24) is 4.98 Å². The number of hydrogen-bond acceptors (Lipinski definition) is 5. The van der Waals surface area contributed by atoms with Crippen molar-refractivity contribution >= 4 is 40.7 Å². The SMILES string of the molecule is N#Cc1nc(Sc2cc(Cl)cc(Cl)c2)ccc1[N+](=O)[O-]. The highest BCUT2D eigenvalue weighted by Gasteiger charge is 2.16. The van der Waals surface area contributed by atoms with E-state index in [0.29, 0.717) is 15.1 Å². The molecule has 0 bridgehead atoms. The van der Waals surface area contributed by atoms with E-state index < -0.39 is 4.92 Å². The molecule has 2 rings (SSSR count). The second kappa shape index (κ2) is 6.09. The molecule has 0 amide bonds. The van der Waals surface area contributed by atoms with Gasteiger partial charge in [0.2, 0.25) is 5.69 Å². The third-order valence-corrected chi connectivity index (χ3v) is 3.55. The molecule has 1 heterocycles. The van der Waals surface area contributed by atoms with E-state index in [9.17, 15) is 10.1 Å². The fraction of sp³-hybridized carbons (Fsp3) is 0. The van der Waals surface area contributed by atoms with Crippen LogP contribution in [0.2, 0.25) is 10.0 Å². The molecular formula is C12H5Cl2N3O2S. The maximum Gasteiger partial charge on any atom is 0.305 e. The number of nitriles is 1. The number of benzene rings is 1. The summed E-state index contributed by atoms with van der Waals surface area (Å²) in [4.78, 5) is 14.7. The van der Waals surface area contributed by atoms with Crippen LogP contribution in [0, 0.1) is 21.4 Å². The largest absolute Gasteiger partial charge is 0.305 e. The summed E-state index contributed by atoms with van der Waals surface area (Å²) in [5, 5.41) is 21.0. The standard InChI is InChI=1S/C12H5Cl2N3O2S/c13-7-3-8(14)5-9(4-7)20-12-2-1-11(17(18)19)10(6-15)16-12/h1-5H. The molecule has 5 nitrogen and oxygen atoms in total. The van der Waals surface area contributed by atoms with Crippen LogP contribution in [0.15, 0.2) is 40.3 Å². The lowest BCUT2D eigenvalue weighted by molar-refractivity contribution is -0.385. The van der Waals surface area contributed by atoms with Gasteiger partial charge in [-0.25, -0.2) is 4.98 Å². The smallest absolute Gasteiger partial charge is 0.258 e. The fourth-order valence-corrected chi connectivity index (χ4v) is 2.97. The first-order valence-electron chi connectivity index (χ1n) is 5.19. The highest BCUT2D eigenvalue weighted by molar-refractivity contribution is 7.99. The molecule has 20 heavy (non-hydrogen) atoms. The third-order valence-electron chi connectivity index (χ3n) is 2.21. The monoisotopic (exact) mass is 325 g/mol. The van der Waals surface area contributed by atoms with Gasteiger partial charge in [-0.15, -0.1) is 0 Å². The number of aromatic nitrogens is 1. The molecule has 2 aromatic rings. The normalized spacial score (nSPS) is 10.1. The number of nitrogens with zero attached hydrogens (tertiary/aromatic N) is 3. The maximum atomic E-state index is 10.7. The van der Waals surface area contributed by atoms with Crippen molar-refractivity contribution in [2.45, 2.75) is 9.92 Å². The van der Waals surface area contributed by atoms with Gasteiger partial charge in [-0.3, -0.25) is 10.1 Å². The van der Waals surface area contributed by atoms with Gasteiger partial charge in [0.05, 0.1) is 4.92 Å². The summed E-state index contributed by atoms with van der Waals surface area (Å²) in [7, 11) is 0. The molecule has 0 aliphatic heterocycles. The number of hydrogen-bond donors (Lipinski definition) is 0. The Balaban J connectivity index is 2.35. The van der Waals surface area contributed by atoms with Gasteiger partial charge in [0.1, 0.15) is 11.1 Å². The molecule has 0 saturated carbocycles. The fourth-order valence-electron chi connectivity index (χ4n) is 1.43. The van der Waals surface area contributed by atoms with Crippen LogP contribution in [0.3, 0.4) is 0 Å². The molecule has 0 fully saturated rings. The summed E-state index contributed by atoms with van der Waals surface area (Å²) in [5.41, 5.74) is -0.547. The molecule has 8 heteroatoms. The molecule has 0 aliphatic carbocycles. The molecule has 0 atom stereocenters. The van der Waals surface area contributed by atoms with Gasteiger partial charge in [0.25, 0.3) is 0 Å². The van der Waals surface area contributed by atoms with E-state index in [1.165, 1.54) is 23.9 Å². The van der Waals surface area contributed by atoms with Crippen molar-refractivity contribution in [1.29, 1.82) is 5.26 Å². The summed E-state index contributed by atoms with van der Waals surface area (Å²) < 4.78 is 0. The van der Waals surface area contributed by atoms with Crippen LogP contribution in [-0.2, 0) is 0 Å². The van der Waals surface area contributed by atoms with Crippen LogP contribution in [0.1, 0.15) is 5.69 Å². The van der Waals surface area contributed by atoms with E-state index in [0.717, 1.165) is 4.90 Å². The number of nitro groups is 1. The van der Waals surface area contributed by atoms with Crippen molar-refractivity contribution in [3.8, 4) is 6.07 Å². The second-order valence-electron chi connectivity index (χ2n) is 3.59. The lowest BCUT2D eigenvalue weighted by Crippen LogP contribution is -1.95. The Bertz CT molecular complexity index is 711. The molecule has 0 radical (unpaired) electrons. The van der Waals surface area contributed by atoms with Gasteiger partial charge in [-0.2, -0.15) is 5.26 Å². The van der Waals surface area contributed by atoms with Gasteiger partial charge < -0.3 is 0 Å². The molecule has 0 spiro atoms. The van der Waals surface area contributed by atoms with Gasteiger partial charge >= 0.3 is 5.69 Å². The average molecular weight is 326 g/mol. The maximum absolute atomic E-state index is 10.7. The molecule has 0 saturated heterocycles. The Hall–Kier alpha value is -1.81. The van der Waals surface area contributed by atoms with Crippen molar-refractivity contribution in [3.05, 3.63) is 56.2 Å². The summed E-state index contributed by atoms with van der Waals surface area (Å²) in [5.74, 6) is 0. The molecule has 100 valence electrons. The lowest BCUT2D eigenvalue weighted by atomic mass is 10.3. The number of pyridine rings is 1. The Morgan fingerprint density at radius 1 is 1.25 bits per heavy atom. The van der Waals surface area contributed by atoms with Crippen LogP contribution in [-0.4, -0.2) is 9.91 Å². The Kier molecular flexibility index (Phi) is 4.45. The Morgan fingerprint density at radius 2 is 1.90 bits per heavy atom. The summed E-state index contributed by atoms with van der Waals surface area (Å²) in [6, 6.07) is 9.40. The van der Waals surface area contributed by atoms with Crippen molar-refractivity contribution in [3.63, 3.8) is 0 Å². The van der Waals surface area contributed by atoms with Crippen LogP contribution < -0.4 is 0 Å². The van der Waals surface area contributed by atoms with E-state index in [2.05, 4.69) is 4.98 Å². The van der Waals surface area contributed by atoms with Gasteiger partial charge in [0.15, 0.2) is 0 Å². The zero-order valence-corrected chi connectivity index (χ0v) is 12.0. The van der Waals surface area contributed by atoms with Crippen molar-refractivity contribution in [2.24, 2.45) is 0 Å². The number of halogens is 2. The van der Waals surface area contributed by atoms with Crippen molar-refractivity contribution in [2.75, 3.05) is 0 Å². The second-order valence-corrected chi connectivity index (χ2v) is 5.56. The van der Waals surface area contributed by atoms with E-state index in [4.69, 9.17) is 28.5 Å². The van der Waals surface area contributed by atoms with Crippen LogP contribution in [0.4, 0.5) is 5.69 Å². The quantitative estimate of drug-likeness (QED) is 0.620. The van der Waals surface area contributed by atoms with Gasteiger partial charge in [-0.1, -0.05) is 35.0 Å². The highest BCUT2D eigenvalue weighted by atomic mass is 35.5. The first kappa shape index (κ1) is 14.6. The minimum absolute atomic E-state index is 0.229. The summed E-state index contributed by atoms with van der Waals surface area (Å²) in [6.45, 7) is 0. The summed E-state index contributed by atoms with van der Waals surface area (Å²) >= 11 is 13.0. The first-order valence-corrected chi connectivity index (χ1v) is 6.76. The summed E-state index contributed by atoms with van der Waals surface area (Å²) in [6.07, 6.45) is 0. The minimum atomic E-state index is -0.643. The number of rotatable bonds is 3. The molecule has 1 aromatic heterocycles. The molecule has 0 aliphatic rings. The van der Waals surface area contributed by atoms with Gasteiger partial charge in [0, 0.05) is 21.0 Å². The van der Waals surface area contributed by atoms with Crippen molar-refractivity contribution < 1.29 is 4.92 Å². The third kappa shape index (κ3) is 3.39. The zero-order valence-electron chi connectivity index (χ0n) is 9.71. The highest BCUT2D eigenvalue weighted by Crippen LogP contribution is 2.32. The predicted molar refractivity (Wildman–Crippen MR) is 76.2 cm³/mol. The molecule has 0 N–H and O–H groups in total. The first-order chi connectivity index (χ1) is 9.49. The van der Waals surface area contributed by atoms with E-state index in [1.807, 2.05) is 0 Å². The van der Waals surface area contributed by atoms with Gasteiger partial charge in [-0.05, 0) is 24.3 Å². The van der Waals surface area contributed by atoms with Crippen LogP contribution >= 0.6 is 35.0 Å². The van der Waals surface area contributed by atoms with E-state index >= 15 is 0 Å². The Morgan fingerprint density at radius 3 is 2.45 bits per heavy atom. The van der Waals surface area contributed by atoms with Crippen LogP contribution in [0.25, 0.3) is 0 Å². The topological polar surface area (TPSA) is 79.8 Å². The molecule has 0 unspecified atom stereocenters. The molecule has 1 aromatic carbocycles. The van der Waals surface area contributed by atoms with E-state index in [-0.39, 0.29) is 11.4 Å². The predicted octanol–water partition coefficient (Wildman–Crippen LogP) is 4.32. The van der Waals surface area contributed by atoms with Crippen LogP contribution in [0.5, 0.6) is 0 Å².